The number of carbonyl (C=O) groups excluding carboxylic acids is 1. The van der Waals surface area contributed by atoms with E-state index in [0.717, 1.165) is 0 Å². The molecule has 2 rings (SSSR count). The molecule has 0 aliphatic rings. The molecule has 0 bridgehead atoms. The molecule has 2 aromatic rings. The summed E-state index contributed by atoms with van der Waals surface area (Å²) >= 11 is 0. The van der Waals surface area contributed by atoms with Gasteiger partial charge in [-0.25, -0.2) is 0 Å². The Morgan fingerprint density at radius 3 is 2.74 bits per heavy atom. The second-order valence-electron chi connectivity index (χ2n) is 3.67. The van der Waals surface area contributed by atoms with E-state index in [0.29, 0.717) is 16.9 Å². The summed E-state index contributed by atoms with van der Waals surface area (Å²) in [5.41, 5.74) is 1.59. The number of carbonyl (C=O) groups is 1. The second-order valence-corrected chi connectivity index (χ2v) is 3.67. The van der Waals surface area contributed by atoms with E-state index in [1.165, 1.54) is 0 Å². The number of nitrogens with zero attached hydrogens (tertiary/aromatic N) is 1. The summed E-state index contributed by atoms with van der Waals surface area (Å²) in [4.78, 5) is 15.9. The van der Waals surface area contributed by atoms with Crippen LogP contribution in [0.2, 0.25) is 0 Å². The molecule has 4 nitrogen and oxygen atoms in total. The molecule has 0 spiro atoms. The predicted octanol–water partition coefficient (Wildman–Crippen LogP) is 1.68. The van der Waals surface area contributed by atoms with Crippen LogP contribution in [0.4, 0.5) is 5.69 Å². The summed E-state index contributed by atoms with van der Waals surface area (Å²) in [7, 11) is 0. The number of aliphatic hydroxyl groups excluding tert-OH is 1. The van der Waals surface area contributed by atoms with E-state index >= 15 is 0 Å². The summed E-state index contributed by atoms with van der Waals surface area (Å²) in [6.07, 6.45) is 1.56. The molecule has 1 heterocycles. The zero-order chi connectivity index (χ0) is 13.5. The Kier molecular flexibility index (Phi) is 4.27. The molecule has 0 aliphatic heterocycles. The van der Waals surface area contributed by atoms with Gasteiger partial charge in [0.2, 0.25) is 0 Å². The van der Waals surface area contributed by atoms with Gasteiger partial charge in [0.05, 0.1) is 5.69 Å². The van der Waals surface area contributed by atoms with Gasteiger partial charge in [0.15, 0.2) is 0 Å². The number of rotatable bonds is 2. The second kappa shape index (κ2) is 6.34. The third-order valence-corrected chi connectivity index (χ3v) is 2.37. The number of para-hydroxylation sites is 1. The standard InChI is InChI=1S/C15H12N2O2/c18-11-5-7-12-6-1-2-8-13(12)17-15(19)14-9-3-4-10-16-14/h1-4,6,8-10,18H,11H2,(H,17,19). The van der Waals surface area contributed by atoms with Crippen molar-refractivity contribution in [3.63, 3.8) is 0 Å². The minimum Gasteiger partial charge on any atom is -0.384 e. The van der Waals surface area contributed by atoms with Crippen molar-refractivity contribution in [3.8, 4) is 11.8 Å². The zero-order valence-electron chi connectivity index (χ0n) is 10.1. The smallest absolute Gasteiger partial charge is 0.274 e. The molecule has 0 atom stereocenters. The first-order valence-electron chi connectivity index (χ1n) is 5.72. The largest absolute Gasteiger partial charge is 0.384 e. The van der Waals surface area contributed by atoms with Gasteiger partial charge < -0.3 is 10.4 Å². The van der Waals surface area contributed by atoms with Crippen molar-refractivity contribution >= 4 is 11.6 Å². The normalized spacial score (nSPS) is 9.32. The van der Waals surface area contributed by atoms with Crippen LogP contribution in [0.5, 0.6) is 0 Å². The van der Waals surface area contributed by atoms with Crippen LogP contribution in [0.15, 0.2) is 48.7 Å². The molecule has 1 aromatic carbocycles. The maximum absolute atomic E-state index is 12.0. The summed E-state index contributed by atoms with van der Waals surface area (Å²) in [5.74, 6) is 5.05. The van der Waals surface area contributed by atoms with Crippen LogP contribution in [0.1, 0.15) is 16.1 Å². The third kappa shape index (κ3) is 3.41. The van der Waals surface area contributed by atoms with Crippen LogP contribution in [0.3, 0.4) is 0 Å². The van der Waals surface area contributed by atoms with Crippen molar-refractivity contribution in [2.75, 3.05) is 11.9 Å². The molecule has 4 heteroatoms. The molecule has 94 valence electrons. The first-order chi connectivity index (χ1) is 9.31. The number of hydrogen-bond donors (Lipinski definition) is 2. The van der Waals surface area contributed by atoms with Crippen LogP contribution < -0.4 is 5.32 Å². The first-order valence-corrected chi connectivity index (χ1v) is 5.72. The summed E-state index contributed by atoms with van der Waals surface area (Å²) in [6, 6.07) is 12.3. The van der Waals surface area contributed by atoms with Gasteiger partial charge in [-0.2, -0.15) is 0 Å². The minimum atomic E-state index is -0.293. The fourth-order valence-corrected chi connectivity index (χ4v) is 1.52. The molecule has 0 saturated carbocycles. The molecule has 2 N–H and O–H groups in total. The number of hydrogen-bond acceptors (Lipinski definition) is 3. The van der Waals surface area contributed by atoms with Crippen molar-refractivity contribution in [1.82, 2.24) is 4.98 Å². The Balaban J connectivity index is 2.22. The van der Waals surface area contributed by atoms with E-state index in [2.05, 4.69) is 22.1 Å². The van der Waals surface area contributed by atoms with Gasteiger partial charge in [-0.1, -0.05) is 30.0 Å². The Morgan fingerprint density at radius 1 is 1.21 bits per heavy atom. The number of benzene rings is 1. The highest BCUT2D eigenvalue weighted by atomic mass is 16.2. The van der Waals surface area contributed by atoms with Crippen molar-refractivity contribution in [2.45, 2.75) is 0 Å². The number of aromatic nitrogens is 1. The lowest BCUT2D eigenvalue weighted by Gasteiger charge is -2.06. The Hall–Kier alpha value is -2.64. The highest BCUT2D eigenvalue weighted by molar-refractivity contribution is 6.03. The van der Waals surface area contributed by atoms with Crippen molar-refractivity contribution in [3.05, 3.63) is 59.9 Å². The molecule has 0 saturated heterocycles. The average Bonchev–Trinajstić information content (AvgIpc) is 2.47. The van der Waals surface area contributed by atoms with Gasteiger partial charge >= 0.3 is 0 Å². The third-order valence-electron chi connectivity index (χ3n) is 2.37. The lowest BCUT2D eigenvalue weighted by Crippen LogP contribution is -2.14. The fourth-order valence-electron chi connectivity index (χ4n) is 1.52. The topological polar surface area (TPSA) is 62.2 Å². The number of anilines is 1. The molecule has 1 amide bonds. The predicted molar refractivity (Wildman–Crippen MR) is 72.6 cm³/mol. The summed E-state index contributed by atoms with van der Waals surface area (Å²) in [6.45, 7) is -0.220. The fraction of sp³-hybridized carbons (Fsp3) is 0.0667. The number of amides is 1. The zero-order valence-corrected chi connectivity index (χ0v) is 10.1. The SMILES string of the molecule is O=C(Nc1ccccc1C#CCO)c1ccccn1. The Morgan fingerprint density at radius 2 is 2.00 bits per heavy atom. The van der Waals surface area contributed by atoms with E-state index in [-0.39, 0.29) is 12.5 Å². The first kappa shape index (κ1) is 12.8. The lowest BCUT2D eigenvalue weighted by atomic mass is 10.1. The molecular formula is C15H12N2O2. The highest BCUT2D eigenvalue weighted by Gasteiger charge is 2.08. The van der Waals surface area contributed by atoms with Crippen molar-refractivity contribution in [1.29, 1.82) is 0 Å². The van der Waals surface area contributed by atoms with Gasteiger partial charge in [-0.15, -0.1) is 0 Å². The Bertz CT molecular complexity index is 627. The molecule has 0 radical (unpaired) electrons. The van der Waals surface area contributed by atoms with E-state index < -0.39 is 0 Å². The maximum Gasteiger partial charge on any atom is 0.274 e. The number of aliphatic hydroxyl groups is 1. The summed E-state index contributed by atoms with van der Waals surface area (Å²) in [5, 5.41) is 11.5. The highest BCUT2D eigenvalue weighted by Crippen LogP contribution is 2.14. The van der Waals surface area contributed by atoms with Crippen LogP contribution >= 0.6 is 0 Å². The molecule has 19 heavy (non-hydrogen) atoms. The van der Waals surface area contributed by atoms with Crippen molar-refractivity contribution < 1.29 is 9.90 Å². The van der Waals surface area contributed by atoms with E-state index in [1.54, 1.807) is 42.6 Å². The van der Waals surface area contributed by atoms with Gasteiger partial charge in [-0.3, -0.25) is 9.78 Å². The number of pyridine rings is 1. The van der Waals surface area contributed by atoms with Crippen LogP contribution in [-0.2, 0) is 0 Å². The van der Waals surface area contributed by atoms with E-state index in [4.69, 9.17) is 5.11 Å². The van der Waals surface area contributed by atoms with Gasteiger partial charge in [-0.05, 0) is 24.3 Å². The molecule has 0 fully saturated rings. The average molecular weight is 252 g/mol. The van der Waals surface area contributed by atoms with Gasteiger partial charge in [0.1, 0.15) is 12.3 Å². The molecular weight excluding hydrogens is 240 g/mol. The maximum atomic E-state index is 12.0. The van der Waals surface area contributed by atoms with E-state index in [9.17, 15) is 4.79 Å². The van der Waals surface area contributed by atoms with Crippen LogP contribution in [0, 0.1) is 11.8 Å². The number of nitrogens with one attached hydrogen (secondary N) is 1. The summed E-state index contributed by atoms with van der Waals surface area (Å²) < 4.78 is 0. The van der Waals surface area contributed by atoms with Gasteiger partial charge in [0.25, 0.3) is 5.91 Å². The molecule has 0 aliphatic carbocycles. The lowest BCUT2D eigenvalue weighted by molar-refractivity contribution is 0.102. The van der Waals surface area contributed by atoms with Crippen LogP contribution in [-0.4, -0.2) is 22.6 Å². The molecule has 0 unspecified atom stereocenters. The van der Waals surface area contributed by atoms with E-state index in [1.807, 2.05) is 6.07 Å². The minimum absolute atomic E-state index is 0.220. The van der Waals surface area contributed by atoms with Gasteiger partial charge in [0, 0.05) is 11.8 Å². The quantitative estimate of drug-likeness (QED) is 0.799. The Labute approximate surface area is 111 Å². The van der Waals surface area contributed by atoms with Crippen LogP contribution in [0.25, 0.3) is 0 Å². The monoisotopic (exact) mass is 252 g/mol. The molecule has 1 aromatic heterocycles. The van der Waals surface area contributed by atoms with Crippen molar-refractivity contribution in [2.24, 2.45) is 0 Å².